The Morgan fingerprint density at radius 2 is 2.21 bits per heavy atom. The van der Waals surface area contributed by atoms with E-state index in [9.17, 15) is 4.39 Å². The van der Waals surface area contributed by atoms with E-state index in [1.54, 1.807) is 7.11 Å². The van der Waals surface area contributed by atoms with Crippen LogP contribution in [-0.2, 0) is 6.42 Å². The van der Waals surface area contributed by atoms with E-state index in [1.807, 2.05) is 6.07 Å². The lowest BCUT2D eigenvalue weighted by molar-refractivity contribution is 0.399. The molecule has 1 aliphatic rings. The van der Waals surface area contributed by atoms with Crippen molar-refractivity contribution < 1.29 is 9.13 Å². The van der Waals surface area contributed by atoms with E-state index >= 15 is 0 Å². The molecule has 19 heavy (non-hydrogen) atoms. The summed E-state index contributed by atoms with van der Waals surface area (Å²) < 4.78 is 19.4. The third kappa shape index (κ3) is 3.27. The summed E-state index contributed by atoms with van der Waals surface area (Å²) in [5, 5.41) is 3.55. The van der Waals surface area contributed by atoms with Crippen LogP contribution in [0, 0.1) is 11.7 Å². The van der Waals surface area contributed by atoms with Gasteiger partial charge >= 0.3 is 0 Å². The second kappa shape index (κ2) is 6.38. The number of hydrogen-bond donors (Lipinski definition) is 1. The average Bonchev–Trinajstić information content (AvgIpc) is 2.56. The Morgan fingerprint density at radius 3 is 2.89 bits per heavy atom. The predicted molar refractivity (Wildman–Crippen MR) is 76.1 cm³/mol. The summed E-state index contributed by atoms with van der Waals surface area (Å²) in [5.41, 5.74) is 1.97. The number of halogens is 1. The Labute approximate surface area is 115 Å². The number of benzene rings is 1. The molecule has 0 fully saturated rings. The Hall–Kier alpha value is -1.09. The molecule has 106 valence electrons. The van der Waals surface area contributed by atoms with Crippen LogP contribution in [0.5, 0.6) is 5.75 Å². The van der Waals surface area contributed by atoms with Crippen molar-refractivity contribution in [2.75, 3.05) is 13.7 Å². The van der Waals surface area contributed by atoms with Crippen LogP contribution in [0.25, 0.3) is 0 Å². The summed E-state index contributed by atoms with van der Waals surface area (Å²) in [6.07, 6.45) is 4.05. The van der Waals surface area contributed by atoms with Crippen molar-refractivity contribution in [3.63, 3.8) is 0 Å². The first-order valence-electron chi connectivity index (χ1n) is 7.25. The van der Waals surface area contributed by atoms with Crippen LogP contribution in [0.1, 0.15) is 50.3 Å². The Balaban J connectivity index is 2.38. The zero-order valence-corrected chi connectivity index (χ0v) is 12.1. The fourth-order valence-electron chi connectivity index (χ4n) is 2.87. The van der Waals surface area contributed by atoms with Crippen LogP contribution < -0.4 is 10.1 Å². The first-order chi connectivity index (χ1) is 9.15. The number of nitrogens with one attached hydrogen (secondary N) is 1. The minimum atomic E-state index is -0.119. The second-order valence-corrected chi connectivity index (χ2v) is 5.56. The fraction of sp³-hybridized carbons (Fsp3) is 0.625. The molecule has 1 aromatic rings. The van der Waals surface area contributed by atoms with Crippen molar-refractivity contribution >= 4 is 0 Å². The normalized spacial score (nSPS) is 22.7. The van der Waals surface area contributed by atoms with Crippen LogP contribution in [0.3, 0.4) is 0 Å². The molecule has 0 bridgehead atoms. The SMILES string of the molecule is CCCNC1CC(C)CCc2c(F)cc(OC)cc21. The van der Waals surface area contributed by atoms with Gasteiger partial charge in [-0.1, -0.05) is 13.8 Å². The highest BCUT2D eigenvalue weighted by Gasteiger charge is 2.25. The third-order valence-corrected chi connectivity index (χ3v) is 3.98. The van der Waals surface area contributed by atoms with Crippen LogP contribution >= 0.6 is 0 Å². The molecule has 0 aromatic heterocycles. The molecule has 0 saturated carbocycles. The maximum absolute atomic E-state index is 14.2. The summed E-state index contributed by atoms with van der Waals surface area (Å²) in [7, 11) is 1.59. The molecular formula is C16H24FNO. The van der Waals surface area contributed by atoms with Gasteiger partial charge in [0.1, 0.15) is 11.6 Å². The summed E-state index contributed by atoms with van der Waals surface area (Å²) in [6.45, 7) is 5.37. The molecule has 2 atom stereocenters. The molecule has 0 aliphatic heterocycles. The maximum atomic E-state index is 14.2. The Morgan fingerprint density at radius 1 is 1.42 bits per heavy atom. The Kier molecular flexibility index (Phi) is 4.81. The number of rotatable bonds is 4. The van der Waals surface area contributed by atoms with Gasteiger partial charge in [0.15, 0.2) is 0 Å². The van der Waals surface area contributed by atoms with Gasteiger partial charge in [-0.05, 0) is 55.3 Å². The lowest BCUT2D eigenvalue weighted by Crippen LogP contribution is -2.24. The first-order valence-corrected chi connectivity index (χ1v) is 7.25. The molecule has 0 saturated heterocycles. The number of methoxy groups -OCH3 is 1. The first kappa shape index (κ1) is 14.3. The molecule has 1 aliphatic carbocycles. The lowest BCUT2D eigenvalue weighted by Gasteiger charge is -2.21. The summed E-state index contributed by atoms with van der Waals surface area (Å²) in [5.74, 6) is 1.12. The highest BCUT2D eigenvalue weighted by molar-refractivity contribution is 5.40. The largest absolute Gasteiger partial charge is 0.497 e. The second-order valence-electron chi connectivity index (χ2n) is 5.56. The van der Waals surface area contributed by atoms with E-state index in [0.29, 0.717) is 11.7 Å². The average molecular weight is 265 g/mol. The fourth-order valence-corrected chi connectivity index (χ4v) is 2.87. The van der Waals surface area contributed by atoms with Crippen molar-refractivity contribution in [3.8, 4) is 5.75 Å². The highest BCUT2D eigenvalue weighted by atomic mass is 19.1. The van der Waals surface area contributed by atoms with E-state index in [2.05, 4.69) is 19.2 Å². The topological polar surface area (TPSA) is 21.3 Å². The quantitative estimate of drug-likeness (QED) is 0.835. The minimum absolute atomic E-state index is 0.119. The number of fused-ring (bicyclic) bond motifs is 1. The molecule has 0 spiro atoms. The standard InChI is InChI=1S/C16H24FNO/c1-4-7-18-16-8-11(2)5-6-13-14(16)9-12(19-3)10-15(13)17/h9-11,16,18H,4-8H2,1-3H3. The third-order valence-electron chi connectivity index (χ3n) is 3.98. The van der Waals surface area contributed by atoms with Gasteiger partial charge in [0.2, 0.25) is 0 Å². The molecule has 2 unspecified atom stereocenters. The van der Waals surface area contributed by atoms with Crippen LogP contribution in [0.4, 0.5) is 4.39 Å². The smallest absolute Gasteiger partial charge is 0.130 e. The van der Waals surface area contributed by atoms with Crippen molar-refractivity contribution in [2.45, 2.75) is 45.6 Å². The van der Waals surface area contributed by atoms with Gasteiger partial charge in [-0.3, -0.25) is 0 Å². The number of ether oxygens (including phenoxy) is 1. The van der Waals surface area contributed by atoms with Crippen LogP contribution in [0.2, 0.25) is 0 Å². The summed E-state index contributed by atoms with van der Waals surface area (Å²) in [4.78, 5) is 0. The van der Waals surface area contributed by atoms with E-state index in [4.69, 9.17) is 4.74 Å². The zero-order chi connectivity index (χ0) is 13.8. The zero-order valence-electron chi connectivity index (χ0n) is 12.1. The molecule has 0 heterocycles. The van der Waals surface area contributed by atoms with Gasteiger partial charge in [-0.25, -0.2) is 4.39 Å². The molecular weight excluding hydrogens is 241 g/mol. The van der Waals surface area contributed by atoms with Gasteiger partial charge in [-0.2, -0.15) is 0 Å². The minimum Gasteiger partial charge on any atom is -0.497 e. The van der Waals surface area contributed by atoms with Crippen molar-refractivity contribution in [2.24, 2.45) is 5.92 Å². The van der Waals surface area contributed by atoms with E-state index in [0.717, 1.165) is 43.4 Å². The molecule has 1 aromatic carbocycles. The van der Waals surface area contributed by atoms with Gasteiger partial charge in [0.25, 0.3) is 0 Å². The molecule has 0 radical (unpaired) electrons. The summed E-state index contributed by atoms with van der Waals surface area (Å²) in [6, 6.07) is 3.76. The molecule has 2 nitrogen and oxygen atoms in total. The van der Waals surface area contributed by atoms with Gasteiger partial charge in [-0.15, -0.1) is 0 Å². The predicted octanol–water partition coefficient (Wildman–Crippen LogP) is 3.85. The van der Waals surface area contributed by atoms with Crippen LogP contribution in [-0.4, -0.2) is 13.7 Å². The van der Waals surface area contributed by atoms with E-state index in [-0.39, 0.29) is 11.9 Å². The van der Waals surface area contributed by atoms with Crippen molar-refractivity contribution in [3.05, 3.63) is 29.1 Å². The van der Waals surface area contributed by atoms with Crippen molar-refractivity contribution in [1.82, 2.24) is 5.32 Å². The number of hydrogen-bond acceptors (Lipinski definition) is 2. The van der Waals surface area contributed by atoms with Crippen molar-refractivity contribution in [1.29, 1.82) is 0 Å². The molecule has 1 N–H and O–H groups in total. The lowest BCUT2D eigenvalue weighted by atomic mass is 9.96. The monoisotopic (exact) mass is 265 g/mol. The van der Waals surface area contributed by atoms with E-state index < -0.39 is 0 Å². The van der Waals surface area contributed by atoms with Gasteiger partial charge in [0.05, 0.1) is 7.11 Å². The molecule has 3 heteroatoms. The summed E-state index contributed by atoms with van der Waals surface area (Å²) >= 11 is 0. The molecule has 2 rings (SSSR count). The highest BCUT2D eigenvalue weighted by Crippen LogP contribution is 2.35. The maximum Gasteiger partial charge on any atom is 0.130 e. The van der Waals surface area contributed by atoms with Gasteiger partial charge in [0, 0.05) is 12.1 Å². The van der Waals surface area contributed by atoms with E-state index in [1.165, 1.54) is 6.07 Å². The van der Waals surface area contributed by atoms with Crippen LogP contribution in [0.15, 0.2) is 12.1 Å². The van der Waals surface area contributed by atoms with Gasteiger partial charge < -0.3 is 10.1 Å². The molecule has 0 amide bonds. The Bertz CT molecular complexity index is 433.